The quantitative estimate of drug-likeness (QED) is 0.866. The van der Waals surface area contributed by atoms with Crippen LogP contribution in [0.3, 0.4) is 0 Å². The van der Waals surface area contributed by atoms with Crippen molar-refractivity contribution in [3.05, 3.63) is 47.3 Å². The molecule has 2 N–H and O–H groups in total. The summed E-state index contributed by atoms with van der Waals surface area (Å²) in [4.78, 5) is 2.09. The number of aromatic nitrogens is 2. The van der Waals surface area contributed by atoms with Gasteiger partial charge in [-0.05, 0) is 37.1 Å². The van der Waals surface area contributed by atoms with Crippen molar-refractivity contribution in [2.24, 2.45) is 5.92 Å². The lowest BCUT2D eigenvalue weighted by atomic mass is 10.0. The maximum Gasteiger partial charge on any atom is 0.573 e. The first-order valence-corrected chi connectivity index (χ1v) is 8.04. The normalized spacial score (nSPS) is 21.6. The highest BCUT2D eigenvalue weighted by Crippen LogP contribution is 2.25. The SMILES string of the molecule is Cc1cc(C[C@@H]2CN(Cc3ccc(OC(F)(F)F)cc3)C[C@H]2O)n[nH]1. The van der Waals surface area contributed by atoms with Crippen molar-refractivity contribution in [2.45, 2.75) is 32.4 Å². The van der Waals surface area contributed by atoms with Crippen molar-refractivity contribution in [1.29, 1.82) is 0 Å². The number of hydrogen-bond donors (Lipinski definition) is 2. The van der Waals surface area contributed by atoms with Gasteiger partial charge in [0.15, 0.2) is 0 Å². The zero-order valence-electron chi connectivity index (χ0n) is 13.8. The molecule has 0 amide bonds. The number of halogens is 3. The number of nitrogens with one attached hydrogen (secondary N) is 1. The molecule has 2 heterocycles. The first-order valence-electron chi connectivity index (χ1n) is 8.04. The van der Waals surface area contributed by atoms with Crippen LogP contribution in [0.1, 0.15) is 17.0 Å². The number of aryl methyl sites for hydroxylation is 1. The molecule has 1 aliphatic heterocycles. The number of likely N-dealkylation sites (tertiary alicyclic amines) is 1. The van der Waals surface area contributed by atoms with Gasteiger partial charge in [-0.2, -0.15) is 5.10 Å². The Morgan fingerprint density at radius 1 is 1.28 bits per heavy atom. The third-order valence-electron chi connectivity index (χ3n) is 4.28. The van der Waals surface area contributed by atoms with Crippen LogP contribution in [0.4, 0.5) is 13.2 Å². The van der Waals surface area contributed by atoms with E-state index in [2.05, 4.69) is 19.8 Å². The summed E-state index contributed by atoms with van der Waals surface area (Å²) in [6.45, 7) is 3.75. The maximum absolute atomic E-state index is 12.2. The monoisotopic (exact) mass is 355 g/mol. The topological polar surface area (TPSA) is 61.4 Å². The summed E-state index contributed by atoms with van der Waals surface area (Å²) < 4.78 is 40.4. The summed E-state index contributed by atoms with van der Waals surface area (Å²) in [6.07, 6.45) is -4.43. The van der Waals surface area contributed by atoms with Crippen molar-refractivity contribution >= 4 is 0 Å². The number of aliphatic hydroxyl groups is 1. The Kier molecular flexibility index (Phi) is 5.01. The van der Waals surface area contributed by atoms with E-state index in [4.69, 9.17) is 0 Å². The molecule has 1 aromatic carbocycles. The second kappa shape index (κ2) is 7.05. The van der Waals surface area contributed by atoms with Gasteiger partial charge in [0.25, 0.3) is 0 Å². The lowest BCUT2D eigenvalue weighted by Crippen LogP contribution is -2.21. The van der Waals surface area contributed by atoms with E-state index in [1.807, 2.05) is 13.0 Å². The minimum Gasteiger partial charge on any atom is -0.406 e. The molecule has 0 aliphatic carbocycles. The molecule has 0 unspecified atom stereocenters. The molecule has 3 rings (SSSR count). The summed E-state index contributed by atoms with van der Waals surface area (Å²) in [7, 11) is 0. The average molecular weight is 355 g/mol. The van der Waals surface area contributed by atoms with Gasteiger partial charge in [-0.1, -0.05) is 12.1 Å². The van der Waals surface area contributed by atoms with Crippen LogP contribution in [-0.2, 0) is 13.0 Å². The molecule has 1 fully saturated rings. The number of hydrogen-bond acceptors (Lipinski definition) is 4. The van der Waals surface area contributed by atoms with Gasteiger partial charge in [0.2, 0.25) is 0 Å². The predicted molar refractivity (Wildman–Crippen MR) is 84.9 cm³/mol. The minimum absolute atomic E-state index is 0.0931. The van der Waals surface area contributed by atoms with Crippen molar-refractivity contribution < 1.29 is 23.0 Å². The zero-order valence-corrected chi connectivity index (χ0v) is 13.8. The van der Waals surface area contributed by atoms with Crippen molar-refractivity contribution in [2.75, 3.05) is 13.1 Å². The second-order valence-corrected chi connectivity index (χ2v) is 6.46. The van der Waals surface area contributed by atoms with Crippen LogP contribution in [0, 0.1) is 12.8 Å². The first kappa shape index (κ1) is 17.8. The van der Waals surface area contributed by atoms with E-state index < -0.39 is 12.5 Å². The Hall–Kier alpha value is -2.06. The molecule has 8 heteroatoms. The zero-order chi connectivity index (χ0) is 18.0. The van der Waals surface area contributed by atoms with E-state index in [9.17, 15) is 18.3 Å². The molecule has 0 bridgehead atoms. The van der Waals surface area contributed by atoms with Gasteiger partial charge in [-0.3, -0.25) is 10.00 Å². The van der Waals surface area contributed by atoms with Crippen LogP contribution >= 0.6 is 0 Å². The fourth-order valence-corrected chi connectivity index (χ4v) is 3.17. The van der Waals surface area contributed by atoms with Crippen LogP contribution in [0.5, 0.6) is 5.75 Å². The molecule has 1 aliphatic rings. The van der Waals surface area contributed by atoms with Crippen LogP contribution in [0.25, 0.3) is 0 Å². The molecule has 5 nitrogen and oxygen atoms in total. The molecule has 0 spiro atoms. The van der Waals surface area contributed by atoms with Crippen molar-refractivity contribution in [1.82, 2.24) is 15.1 Å². The van der Waals surface area contributed by atoms with E-state index >= 15 is 0 Å². The Morgan fingerprint density at radius 2 is 2.00 bits per heavy atom. The first-order chi connectivity index (χ1) is 11.8. The lowest BCUT2D eigenvalue weighted by Gasteiger charge is -2.16. The molecule has 1 aromatic heterocycles. The molecule has 2 atom stereocenters. The Bertz CT molecular complexity index is 700. The molecule has 1 saturated heterocycles. The van der Waals surface area contributed by atoms with Gasteiger partial charge in [-0.15, -0.1) is 13.2 Å². The largest absolute Gasteiger partial charge is 0.573 e. The maximum atomic E-state index is 12.2. The van der Waals surface area contributed by atoms with Gasteiger partial charge < -0.3 is 9.84 Å². The van der Waals surface area contributed by atoms with Crippen molar-refractivity contribution in [3.63, 3.8) is 0 Å². The Balaban J connectivity index is 1.55. The third kappa shape index (κ3) is 4.96. The number of aromatic amines is 1. The summed E-state index contributed by atoms with van der Waals surface area (Å²) in [6, 6.07) is 7.79. The van der Waals surface area contributed by atoms with E-state index in [-0.39, 0.29) is 11.7 Å². The molecule has 0 saturated carbocycles. The van der Waals surface area contributed by atoms with Crippen LogP contribution in [0.15, 0.2) is 30.3 Å². The number of H-pyrrole nitrogens is 1. The minimum atomic E-state index is -4.68. The smallest absolute Gasteiger partial charge is 0.406 e. The van der Waals surface area contributed by atoms with Crippen LogP contribution in [-0.4, -0.2) is 45.8 Å². The fraction of sp³-hybridized carbons (Fsp3) is 0.471. The fourth-order valence-electron chi connectivity index (χ4n) is 3.17. The Morgan fingerprint density at radius 3 is 2.60 bits per heavy atom. The highest BCUT2D eigenvalue weighted by atomic mass is 19.4. The number of nitrogens with zero attached hydrogens (tertiary/aromatic N) is 2. The summed E-state index contributed by atoms with van der Waals surface area (Å²) in [5.74, 6) is -0.139. The average Bonchev–Trinajstić information content (AvgIpc) is 3.06. The molecular formula is C17H20F3N3O2. The molecular weight excluding hydrogens is 335 g/mol. The van der Waals surface area contributed by atoms with Crippen LogP contribution in [0.2, 0.25) is 0 Å². The van der Waals surface area contributed by atoms with Crippen molar-refractivity contribution in [3.8, 4) is 5.75 Å². The van der Waals surface area contributed by atoms with Gasteiger partial charge in [-0.25, -0.2) is 0 Å². The highest BCUT2D eigenvalue weighted by molar-refractivity contribution is 5.27. The summed E-state index contributed by atoms with van der Waals surface area (Å²) in [5.41, 5.74) is 2.79. The van der Waals surface area contributed by atoms with Gasteiger partial charge in [0.1, 0.15) is 5.75 Å². The van der Waals surface area contributed by atoms with E-state index in [1.165, 1.54) is 12.1 Å². The van der Waals surface area contributed by atoms with E-state index in [0.717, 1.165) is 17.0 Å². The lowest BCUT2D eigenvalue weighted by molar-refractivity contribution is -0.274. The standard InChI is InChI=1S/C17H20F3N3O2/c1-11-6-14(22-21-11)7-13-9-23(10-16(13)24)8-12-2-4-15(5-3-12)25-17(18,19)20/h2-6,13,16,24H,7-10H2,1H3,(H,21,22)/t13-,16-/m1/s1. The predicted octanol–water partition coefficient (Wildman–Crippen LogP) is 2.65. The number of benzene rings is 1. The van der Waals surface area contributed by atoms with Gasteiger partial charge in [0, 0.05) is 31.2 Å². The molecule has 136 valence electrons. The van der Waals surface area contributed by atoms with Gasteiger partial charge in [0.05, 0.1) is 11.8 Å². The Labute approximate surface area is 143 Å². The summed E-state index contributed by atoms with van der Waals surface area (Å²) in [5, 5.41) is 17.3. The number of rotatable bonds is 5. The van der Waals surface area contributed by atoms with Gasteiger partial charge >= 0.3 is 6.36 Å². The van der Waals surface area contributed by atoms with Crippen LogP contribution < -0.4 is 4.74 Å². The van der Waals surface area contributed by atoms with E-state index in [0.29, 0.717) is 26.1 Å². The van der Waals surface area contributed by atoms with E-state index in [1.54, 1.807) is 12.1 Å². The highest BCUT2D eigenvalue weighted by Gasteiger charge is 2.32. The third-order valence-corrected chi connectivity index (χ3v) is 4.28. The molecule has 25 heavy (non-hydrogen) atoms. The molecule has 2 aromatic rings. The second-order valence-electron chi connectivity index (χ2n) is 6.46. The number of β-amino-alcohol motifs (C(OH)–C–C–N with tert-alkyl or cyclic N) is 1. The number of ether oxygens (including phenoxy) is 1. The number of aliphatic hydroxyl groups excluding tert-OH is 1. The summed E-state index contributed by atoms with van der Waals surface area (Å²) >= 11 is 0. The number of alkyl halides is 3. The molecule has 0 radical (unpaired) electrons.